The molecular formula is C21H23F2NO4. The predicted octanol–water partition coefficient (Wildman–Crippen LogP) is 3.68. The van der Waals surface area contributed by atoms with Crippen molar-refractivity contribution in [3.05, 3.63) is 65.7 Å². The summed E-state index contributed by atoms with van der Waals surface area (Å²) in [6.07, 6.45) is 1.09. The number of esters is 1. The molecule has 0 saturated heterocycles. The number of halogens is 2. The van der Waals surface area contributed by atoms with E-state index in [-0.39, 0.29) is 12.4 Å². The molecule has 0 radical (unpaired) electrons. The van der Waals surface area contributed by atoms with Gasteiger partial charge < -0.3 is 14.8 Å². The minimum absolute atomic E-state index is 0.0820. The molecule has 1 amide bonds. The Balaban J connectivity index is 1.71. The van der Waals surface area contributed by atoms with Crippen LogP contribution in [0.2, 0.25) is 0 Å². The number of alkyl halides is 2. The van der Waals surface area contributed by atoms with Gasteiger partial charge in [0.15, 0.2) is 6.61 Å². The highest BCUT2D eigenvalue weighted by molar-refractivity contribution is 5.83. The van der Waals surface area contributed by atoms with Gasteiger partial charge in [-0.05, 0) is 36.1 Å². The fourth-order valence-corrected chi connectivity index (χ4v) is 2.70. The molecule has 2 aromatic carbocycles. The highest BCUT2D eigenvalue weighted by Crippen LogP contribution is 2.20. The number of rotatable bonds is 10. The summed E-state index contributed by atoms with van der Waals surface area (Å²) in [6.45, 7) is -0.983. The van der Waals surface area contributed by atoms with E-state index in [2.05, 4.69) is 10.1 Å². The zero-order valence-electron chi connectivity index (χ0n) is 15.6. The van der Waals surface area contributed by atoms with E-state index in [1.54, 1.807) is 12.1 Å². The first-order valence-corrected chi connectivity index (χ1v) is 9.01. The number of hydrogen-bond acceptors (Lipinski definition) is 4. The third kappa shape index (κ3) is 6.98. The van der Waals surface area contributed by atoms with Crippen LogP contribution in [0.3, 0.4) is 0 Å². The number of benzene rings is 2. The lowest BCUT2D eigenvalue weighted by atomic mass is 9.97. The Morgan fingerprint density at radius 1 is 1.04 bits per heavy atom. The van der Waals surface area contributed by atoms with Gasteiger partial charge >= 0.3 is 12.6 Å². The van der Waals surface area contributed by atoms with Crippen LogP contribution in [0.15, 0.2) is 54.6 Å². The van der Waals surface area contributed by atoms with E-state index in [0.29, 0.717) is 19.4 Å². The molecule has 0 heterocycles. The molecule has 2 rings (SSSR count). The lowest BCUT2D eigenvalue weighted by molar-refractivity contribution is -0.150. The van der Waals surface area contributed by atoms with E-state index in [4.69, 9.17) is 4.74 Å². The molecule has 5 nitrogen and oxygen atoms in total. The Labute approximate surface area is 162 Å². The van der Waals surface area contributed by atoms with E-state index in [1.165, 1.54) is 12.1 Å². The van der Waals surface area contributed by atoms with Crippen molar-refractivity contribution in [1.82, 2.24) is 5.32 Å². The Kier molecular flexibility index (Phi) is 8.39. The summed E-state index contributed by atoms with van der Waals surface area (Å²) in [5.74, 6) is -1.14. The van der Waals surface area contributed by atoms with Crippen LogP contribution in [0.4, 0.5) is 8.78 Å². The molecule has 0 unspecified atom stereocenters. The smallest absolute Gasteiger partial charge is 0.387 e. The van der Waals surface area contributed by atoms with Gasteiger partial charge in [-0.15, -0.1) is 0 Å². The van der Waals surface area contributed by atoms with E-state index in [9.17, 15) is 18.4 Å². The molecule has 7 heteroatoms. The van der Waals surface area contributed by atoms with Crippen molar-refractivity contribution >= 4 is 11.9 Å². The molecule has 0 aliphatic carbocycles. The quantitative estimate of drug-likeness (QED) is 0.628. The second-order valence-corrected chi connectivity index (χ2v) is 6.10. The molecule has 2 aromatic rings. The van der Waals surface area contributed by atoms with Crippen molar-refractivity contribution in [2.75, 3.05) is 13.2 Å². The van der Waals surface area contributed by atoms with Crippen LogP contribution in [0, 0.1) is 0 Å². The number of hydrogen-bond donors (Lipinski definition) is 1. The minimum Gasteiger partial charge on any atom is -0.455 e. The molecule has 0 aliphatic rings. The third-order valence-corrected chi connectivity index (χ3v) is 4.12. The maximum Gasteiger partial charge on any atom is 0.387 e. The van der Waals surface area contributed by atoms with Crippen LogP contribution >= 0.6 is 0 Å². The highest BCUT2D eigenvalue weighted by Gasteiger charge is 2.20. The Morgan fingerprint density at radius 3 is 2.32 bits per heavy atom. The van der Waals surface area contributed by atoms with Crippen molar-refractivity contribution in [2.45, 2.75) is 32.3 Å². The van der Waals surface area contributed by atoms with Crippen LogP contribution in [-0.4, -0.2) is 31.6 Å². The van der Waals surface area contributed by atoms with Gasteiger partial charge in [-0.2, -0.15) is 8.78 Å². The van der Waals surface area contributed by atoms with Gasteiger partial charge in [-0.1, -0.05) is 49.4 Å². The molecule has 0 saturated carbocycles. The first-order valence-electron chi connectivity index (χ1n) is 9.01. The Hall–Kier alpha value is -2.96. The summed E-state index contributed by atoms with van der Waals surface area (Å²) < 4.78 is 33.6. The number of carbonyl (C=O) groups excluding carboxylic acids is 2. The number of ether oxygens (including phenoxy) is 2. The van der Waals surface area contributed by atoms with Crippen LogP contribution in [0.1, 0.15) is 30.4 Å². The van der Waals surface area contributed by atoms with Crippen molar-refractivity contribution < 1.29 is 27.8 Å². The standard InChI is InChI=1S/C21H23F2NO4/c1-2-18(16-6-4-3-5-7-16)20(26)27-14-19(25)24-13-12-15-8-10-17(11-9-15)28-21(22)23/h3-11,18,21H,2,12-14H2,1H3,(H,24,25)/t18-/m1/s1. The van der Waals surface area contributed by atoms with Crippen molar-refractivity contribution in [1.29, 1.82) is 0 Å². The fraction of sp³-hybridized carbons (Fsp3) is 0.333. The number of nitrogens with one attached hydrogen (secondary N) is 1. The summed E-state index contributed by atoms with van der Waals surface area (Å²) in [7, 11) is 0. The summed E-state index contributed by atoms with van der Waals surface area (Å²) in [6, 6.07) is 15.5. The van der Waals surface area contributed by atoms with E-state index in [1.807, 2.05) is 37.3 Å². The van der Waals surface area contributed by atoms with Crippen LogP contribution in [0.25, 0.3) is 0 Å². The largest absolute Gasteiger partial charge is 0.455 e. The number of amides is 1. The molecule has 28 heavy (non-hydrogen) atoms. The van der Waals surface area contributed by atoms with E-state index >= 15 is 0 Å². The molecule has 150 valence electrons. The van der Waals surface area contributed by atoms with Gasteiger partial charge in [-0.3, -0.25) is 9.59 Å². The Bertz CT molecular complexity index is 751. The molecule has 0 aromatic heterocycles. The molecular weight excluding hydrogens is 368 g/mol. The first-order chi connectivity index (χ1) is 13.5. The predicted molar refractivity (Wildman–Crippen MR) is 100 cm³/mol. The van der Waals surface area contributed by atoms with E-state index < -0.39 is 24.4 Å². The van der Waals surface area contributed by atoms with Gasteiger partial charge in [0.05, 0.1) is 5.92 Å². The highest BCUT2D eigenvalue weighted by atomic mass is 19.3. The number of carbonyl (C=O) groups is 2. The monoisotopic (exact) mass is 391 g/mol. The van der Waals surface area contributed by atoms with Crippen LogP contribution in [0.5, 0.6) is 5.75 Å². The van der Waals surface area contributed by atoms with E-state index in [0.717, 1.165) is 11.1 Å². The summed E-state index contributed by atoms with van der Waals surface area (Å²) >= 11 is 0. The SMILES string of the molecule is CC[C@@H](C(=O)OCC(=O)NCCc1ccc(OC(F)F)cc1)c1ccccc1. The zero-order chi connectivity index (χ0) is 20.4. The molecule has 1 N–H and O–H groups in total. The second kappa shape index (κ2) is 11.0. The molecule has 0 fully saturated rings. The van der Waals surface area contributed by atoms with Gasteiger partial charge in [0, 0.05) is 6.54 Å². The topological polar surface area (TPSA) is 64.6 Å². The van der Waals surface area contributed by atoms with Gasteiger partial charge in [0.1, 0.15) is 5.75 Å². The molecule has 0 spiro atoms. The summed E-state index contributed by atoms with van der Waals surface area (Å²) in [5, 5.41) is 2.66. The molecule has 0 bridgehead atoms. The van der Waals surface area contributed by atoms with Crippen molar-refractivity contribution in [3.8, 4) is 5.75 Å². The maximum absolute atomic E-state index is 12.2. The maximum atomic E-state index is 12.2. The molecule has 1 atom stereocenters. The minimum atomic E-state index is -2.86. The normalized spacial score (nSPS) is 11.7. The fourth-order valence-electron chi connectivity index (χ4n) is 2.70. The second-order valence-electron chi connectivity index (χ2n) is 6.10. The van der Waals surface area contributed by atoms with Crippen molar-refractivity contribution in [3.63, 3.8) is 0 Å². The van der Waals surface area contributed by atoms with Gasteiger partial charge in [0.2, 0.25) is 0 Å². The first kappa shape index (κ1) is 21.3. The average molecular weight is 391 g/mol. The summed E-state index contributed by atoms with van der Waals surface area (Å²) in [4.78, 5) is 24.1. The molecule has 0 aliphatic heterocycles. The van der Waals surface area contributed by atoms with Gasteiger partial charge in [-0.25, -0.2) is 0 Å². The van der Waals surface area contributed by atoms with Crippen LogP contribution < -0.4 is 10.1 Å². The zero-order valence-corrected chi connectivity index (χ0v) is 15.6. The van der Waals surface area contributed by atoms with Crippen molar-refractivity contribution in [2.24, 2.45) is 0 Å². The average Bonchev–Trinajstić information content (AvgIpc) is 2.69. The lowest BCUT2D eigenvalue weighted by Crippen LogP contribution is -2.31. The van der Waals surface area contributed by atoms with Gasteiger partial charge in [0.25, 0.3) is 5.91 Å². The third-order valence-electron chi connectivity index (χ3n) is 4.12. The van der Waals surface area contributed by atoms with Crippen LogP contribution in [-0.2, 0) is 20.7 Å². The summed E-state index contributed by atoms with van der Waals surface area (Å²) in [5.41, 5.74) is 1.71. The Morgan fingerprint density at radius 2 is 1.71 bits per heavy atom. The lowest BCUT2D eigenvalue weighted by Gasteiger charge is -2.14.